The van der Waals surface area contributed by atoms with E-state index in [1.54, 1.807) is 11.9 Å². The molecule has 1 amide bonds. The lowest BCUT2D eigenvalue weighted by Gasteiger charge is -2.31. The number of rotatable bonds is 2. The number of carbonyl (C=O) groups excluding carboxylic acids is 1. The monoisotopic (exact) mass is 201 g/mol. The van der Waals surface area contributed by atoms with Gasteiger partial charge in [-0.3, -0.25) is 4.79 Å². The van der Waals surface area contributed by atoms with Crippen LogP contribution in [0.1, 0.15) is 27.2 Å². The number of hydrogen-bond donors (Lipinski definition) is 1. The highest BCUT2D eigenvalue weighted by molar-refractivity contribution is 5.84. The van der Waals surface area contributed by atoms with E-state index in [1.807, 2.05) is 6.92 Å². The van der Waals surface area contributed by atoms with Crippen molar-refractivity contribution in [3.8, 4) is 0 Å². The normalized spacial score (nSPS) is 27.8. The maximum atomic E-state index is 11.7. The average Bonchev–Trinajstić information content (AvgIpc) is 2.47. The molecule has 0 aliphatic carbocycles. The number of ether oxygens (including phenoxy) is 1. The fraction of sp³-hybridized carbons (Fsp3) is 0.900. The molecule has 1 aliphatic rings. The molecule has 0 spiro atoms. The van der Waals surface area contributed by atoms with Crippen molar-refractivity contribution in [3.63, 3.8) is 0 Å². The Labute approximate surface area is 84.8 Å². The maximum absolute atomic E-state index is 11.7. The molecule has 4 nitrogen and oxygen atoms in total. The van der Waals surface area contributed by atoms with Crippen molar-refractivity contribution in [2.24, 2.45) is 0 Å². The van der Waals surface area contributed by atoms with Gasteiger partial charge >= 0.3 is 0 Å². The van der Waals surface area contributed by atoms with E-state index < -0.39 is 5.60 Å². The Morgan fingerprint density at radius 2 is 2.14 bits per heavy atom. The van der Waals surface area contributed by atoms with Crippen LogP contribution in [0.25, 0.3) is 0 Å². The molecule has 0 aromatic heterocycles. The first-order chi connectivity index (χ1) is 6.34. The zero-order valence-electron chi connectivity index (χ0n) is 9.28. The molecule has 1 N–H and O–H groups in total. The standard InChI is InChI=1S/C10H19NO3/c1-7-8(5-6-14-7)11(4)9(12)10(2,3)13/h7-8,13H,5-6H2,1-4H3. The molecule has 1 heterocycles. The van der Waals surface area contributed by atoms with E-state index in [0.717, 1.165) is 6.42 Å². The first-order valence-corrected chi connectivity index (χ1v) is 4.95. The third kappa shape index (κ3) is 2.25. The fourth-order valence-electron chi connectivity index (χ4n) is 1.81. The summed E-state index contributed by atoms with van der Waals surface area (Å²) >= 11 is 0. The van der Waals surface area contributed by atoms with Gasteiger partial charge in [-0.1, -0.05) is 0 Å². The SMILES string of the molecule is CC1OCCC1N(C)C(=O)C(C)(C)O. The molecule has 1 aliphatic heterocycles. The molecule has 0 bridgehead atoms. The van der Waals surface area contributed by atoms with Gasteiger partial charge in [-0.15, -0.1) is 0 Å². The molecule has 82 valence electrons. The molecule has 4 heteroatoms. The minimum absolute atomic E-state index is 0.0614. The Balaban J connectivity index is 2.65. The molecule has 0 aromatic carbocycles. The van der Waals surface area contributed by atoms with Crippen LogP contribution < -0.4 is 0 Å². The predicted molar refractivity (Wildman–Crippen MR) is 52.9 cm³/mol. The van der Waals surface area contributed by atoms with E-state index in [9.17, 15) is 9.90 Å². The number of nitrogens with zero attached hydrogens (tertiary/aromatic N) is 1. The fourth-order valence-corrected chi connectivity index (χ4v) is 1.81. The summed E-state index contributed by atoms with van der Waals surface area (Å²) < 4.78 is 5.37. The summed E-state index contributed by atoms with van der Waals surface area (Å²) in [4.78, 5) is 13.3. The molecule has 0 aromatic rings. The highest BCUT2D eigenvalue weighted by atomic mass is 16.5. The second kappa shape index (κ2) is 3.87. The van der Waals surface area contributed by atoms with Crippen molar-refractivity contribution in [3.05, 3.63) is 0 Å². The van der Waals surface area contributed by atoms with Crippen molar-refractivity contribution in [2.75, 3.05) is 13.7 Å². The maximum Gasteiger partial charge on any atom is 0.254 e. The molecule has 0 radical (unpaired) electrons. The largest absolute Gasteiger partial charge is 0.381 e. The summed E-state index contributed by atoms with van der Waals surface area (Å²) in [6, 6.07) is 0.0916. The third-order valence-electron chi connectivity index (χ3n) is 2.68. The first kappa shape index (κ1) is 11.5. The number of likely N-dealkylation sites (N-methyl/N-ethyl adjacent to an activating group) is 1. The summed E-state index contributed by atoms with van der Waals surface area (Å²) in [6.45, 7) is 5.65. The van der Waals surface area contributed by atoms with E-state index in [2.05, 4.69) is 0 Å². The number of hydrogen-bond acceptors (Lipinski definition) is 3. The van der Waals surface area contributed by atoms with Gasteiger partial charge in [0.1, 0.15) is 5.60 Å². The van der Waals surface area contributed by atoms with Gasteiger partial charge in [-0.25, -0.2) is 0 Å². The van der Waals surface area contributed by atoms with Crippen molar-refractivity contribution >= 4 is 5.91 Å². The van der Waals surface area contributed by atoms with Gasteiger partial charge in [0.25, 0.3) is 5.91 Å². The van der Waals surface area contributed by atoms with Crippen molar-refractivity contribution in [1.82, 2.24) is 4.90 Å². The van der Waals surface area contributed by atoms with Crippen molar-refractivity contribution in [2.45, 2.75) is 44.9 Å². The first-order valence-electron chi connectivity index (χ1n) is 4.95. The second-order valence-electron chi connectivity index (χ2n) is 4.41. The smallest absolute Gasteiger partial charge is 0.254 e. The van der Waals surface area contributed by atoms with E-state index in [1.165, 1.54) is 13.8 Å². The Bertz CT molecular complexity index is 222. The predicted octanol–water partition coefficient (Wildman–Crippen LogP) is 0.393. The van der Waals surface area contributed by atoms with Crippen LogP contribution >= 0.6 is 0 Å². The molecular formula is C10H19NO3. The minimum atomic E-state index is -1.29. The zero-order valence-corrected chi connectivity index (χ0v) is 9.28. The summed E-state index contributed by atoms with van der Waals surface area (Å²) in [7, 11) is 1.72. The molecular weight excluding hydrogens is 182 g/mol. The molecule has 2 unspecified atom stereocenters. The van der Waals surface area contributed by atoms with Gasteiger partial charge in [0.2, 0.25) is 0 Å². The van der Waals surface area contributed by atoms with Crippen LogP contribution in [0, 0.1) is 0 Å². The Hall–Kier alpha value is -0.610. The Morgan fingerprint density at radius 1 is 1.57 bits per heavy atom. The van der Waals surface area contributed by atoms with Crippen molar-refractivity contribution in [1.29, 1.82) is 0 Å². The quantitative estimate of drug-likeness (QED) is 0.703. The highest BCUT2D eigenvalue weighted by Crippen LogP contribution is 2.20. The van der Waals surface area contributed by atoms with E-state index in [-0.39, 0.29) is 18.1 Å². The van der Waals surface area contributed by atoms with Crippen LogP contribution in [0.2, 0.25) is 0 Å². The molecule has 14 heavy (non-hydrogen) atoms. The topological polar surface area (TPSA) is 49.8 Å². The van der Waals surface area contributed by atoms with Gasteiger partial charge in [-0.2, -0.15) is 0 Å². The summed E-state index contributed by atoms with van der Waals surface area (Å²) in [5.74, 6) is -0.250. The van der Waals surface area contributed by atoms with Crippen LogP contribution in [0.15, 0.2) is 0 Å². The van der Waals surface area contributed by atoms with Crippen LogP contribution in [0.3, 0.4) is 0 Å². The van der Waals surface area contributed by atoms with Gasteiger partial charge in [0.05, 0.1) is 12.1 Å². The summed E-state index contributed by atoms with van der Waals surface area (Å²) in [5, 5.41) is 9.57. The van der Waals surface area contributed by atoms with Gasteiger partial charge in [-0.05, 0) is 27.2 Å². The van der Waals surface area contributed by atoms with Crippen LogP contribution in [0.5, 0.6) is 0 Å². The number of amides is 1. The lowest BCUT2D eigenvalue weighted by Crippen LogP contribution is -2.49. The summed E-state index contributed by atoms with van der Waals surface area (Å²) in [6.07, 6.45) is 0.908. The Morgan fingerprint density at radius 3 is 2.50 bits per heavy atom. The van der Waals surface area contributed by atoms with E-state index in [0.29, 0.717) is 6.61 Å². The second-order valence-corrected chi connectivity index (χ2v) is 4.41. The van der Waals surface area contributed by atoms with Gasteiger partial charge < -0.3 is 14.7 Å². The van der Waals surface area contributed by atoms with Crippen LogP contribution in [-0.4, -0.2) is 47.3 Å². The average molecular weight is 201 g/mol. The third-order valence-corrected chi connectivity index (χ3v) is 2.68. The van der Waals surface area contributed by atoms with Gasteiger partial charge in [0.15, 0.2) is 0 Å². The van der Waals surface area contributed by atoms with E-state index in [4.69, 9.17) is 4.74 Å². The molecule has 2 atom stereocenters. The summed E-state index contributed by atoms with van der Waals surface area (Å²) in [5.41, 5.74) is -1.29. The van der Waals surface area contributed by atoms with E-state index >= 15 is 0 Å². The van der Waals surface area contributed by atoms with Crippen LogP contribution in [0.4, 0.5) is 0 Å². The van der Waals surface area contributed by atoms with Gasteiger partial charge in [0, 0.05) is 13.7 Å². The van der Waals surface area contributed by atoms with Crippen LogP contribution in [-0.2, 0) is 9.53 Å². The lowest BCUT2D eigenvalue weighted by atomic mass is 10.0. The minimum Gasteiger partial charge on any atom is -0.381 e. The molecule has 0 saturated carbocycles. The Kier molecular flexibility index (Phi) is 3.17. The molecule has 1 saturated heterocycles. The molecule has 1 rings (SSSR count). The number of carbonyl (C=O) groups is 1. The zero-order chi connectivity index (χ0) is 10.9. The lowest BCUT2D eigenvalue weighted by molar-refractivity contribution is -0.149. The van der Waals surface area contributed by atoms with Crippen molar-refractivity contribution < 1.29 is 14.6 Å². The molecule has 1 fully saturated rings. The number of aliphatic hydroxyl groups is 1. The highest BCUT2D eigenvalue weighted by Gasteiger charge is 2.36.